The monoisotopic (exact) mass is 526 g/mol. The molecular weight excluding hydrogens is 511 g/mol. The molecule has 188 valence electrons. The molecule has 2 aromatic heterocycles. The van der Waals surface area contributed by atoms with Crippen molar-refractivity contribution in [2.45, 2.75) is 19.5 Å². The molecule has 0 fully saturated rings. The molecule has 0 saturated carbocycles. The van der Waals surface area contributed by atoms with E-state index in [0.717, 1.165) is 16.9 Å². The molecule has 0 spiro atoms. The summed E-state index contributed by atoms with van der Waals surface area (Å²) in [6.07, 6.45) is 0.298. The van der Waals surface area contributed by atoms with Gasteiger partial charge in [-0.2, -0.15) is 10.2 Å². The Labute approximate surface area is 211 Å². The van der Waals surface area contributed by atoms with Gasteiger partial charge in [-0.3, -0.25) is 9.55 Å². The van der Waals surface area contributed by atoms with Gasteiger partial charge in [-0.1, -0.05) is 23.7 Å². The van der Waals surface area contributed by atoms with E-state index >= 15 is 0 Å². The number of carboxylic acids is 1. The maximum Gasteiger partial charge on any atom is 0.400 e. The number of H-pyrrole nitrogens is 1. The Balaban J connectivity index is 1.74. The number of halogens is 2. The minimum atomic E-state index is -1.34. The molecule has 2 heterocycles. The molecular formula is C23H16ClFN6O6. The minimum Gasteiger partial charge on any atom is -0.476 e. The van der Waals surface area contributed by atoms with Crippen molar-refractivity contribution in [3.8, 4) is 17.9 Å². The predicted molar refractivity (Wildman–Crippen MR) is 125 cm³/mol. The van der Waals surface area contributed by atoms with Crippen molar-refractivity contribution in [3.63, 3.8) is 0 Å². The molecule has 0 aliphatic rings. The number of carbonyl (C=O) groups is 1. The summed E-state index contributed by atoms with van der Waals surface area (Å²) in [4.78, 5) is 46.8. The number of hydrogen-bond donors (Lipinski definition) is 2. The van der Waals surface area contributed by atoms with Crippen molar-refractivity contribution in [1.29, 1.82) is 5.26 Å². The number of rotatable bonds is 8. The zero-order valence-corrected chi connectivity index (χ0v) is 19.5. The fourth-order valence-electron chi connectivity index (χ4n) is 3.18. The average Bonchev–Trinajstić information content (AvgIpc) is 3.33. The number of carboxylic acid groups (broad SMARTS) is 1. The van der Waals surface area contributed by atoms with Crippen LogP contribution in [0.25, 0.3) is 0 Å². The summed E-state index contributed by atoms with van der Waals surface area (Å²) in [6, 6.07) is 12.0. The number of hydrogen-bond acceptors (Lipinski definition) is 8. The molecule has 0 radical (unpaired) electrons. The van der Waals surface area contributed by atoms with Crippen LogP contribution in [0.4, 0.5) is 10.1 Å². The quantitative estimate of drug-likeness (QED) is 0.353. The smallest absolute Gasteiger partial charge is 0.400 e. The molecule has 0 saturated heterocycles. The first-order valence-corrected chi connectivity index (χ1v) is 10.9. The maximum atomic E-state index is 14.7. The molecule has 0 amide bonds. The second-order valence-corrected chi connectivity index (χ2v) is 7.88. The van der Waals surface area contributed by atoms with Crippen molar-refractivity contribution in [1.82, 2.24) is 19.1 Å². The molecule has 2 N–H and O–H groups in total. The molecule has 0 aliphatic heterocycles. The predicted octanol–water partition coefficient (Wildman–Crippen LogP) is 2.80. The minimum absolute atomic E-state index is 0.00206. The number of nitrogens with zero attached hydrogens (tertiary/aromatic N) is 5. The normalized spacial score (nSPS) is 11.3. The fourth-order valence-corrected chi connectivity index (χ4v) is 3.30. The van der Waals surface area contributed by atoms with E-state index in [9.17, 15) is 18.8 Å². The number of oxazole rings is 1. The maximum absolute atomic E-state index is 14.7. The molecule has 0 atom stereocenters. The SMILES string of the molecule is N#CCCn1c(=O)[nH]/c(=N\c2ccc(Oc3nc(C(=O)O)co3)c(F)c2)n(Cc2ccc(Cl)cc2)c1=O. The van der Waals surface area contributed by atoms with Crippen molar-refractivity contribution >= 4 is 23.3 Å². The molecule has 12 nitrogen and oxygen atoms in total. The standard InChI is InChI=1S/C23H16ClFN6O6/c24-14-4-2-13(3-5-14)11-31-20(29-21(34)30(23(31)35)9-1-8-26)27-15-6-7-18(16(25)10-15)37-22-28-17(12-36-22)19(32)33/h2-7,10,12H,1,9,11H2,(H,32,33)(H,27,29,34). The van der Waals surface area contributed by atoms with Crippen LogP contribution < -0.4 is 21.7 Å². The summed E-state index contributed by atoms with van der Waals surface area (Å²) in [7, 11) is 0. The summed E-state index contributed by atoms with van der Waals surface area (Å²) < 4.78 is 26.7. The Hall–Kier alpha value is -4.96. The average molecular weight is 527 g/mol. The lowest BCUT2D eigenvalue weighted by Gasteiger charge is -2.10. The number of aromatic nitrogens is 4. The lowest BCUT2D eigenvalue weighted by atomic mass is 10.2. The van der Waals surface area contributed by atoms with Crippen LogP contribution in [0.15, 0.2) is 67.7 Å². The lowest BCUT2D eigenvalue weighted by molar-refractivity contribution is 0.0690. The molecule has 4 aromatic rings. The Kier molecular flexibility index (Phi) is 7.31. The van der Waals surface area contributed by atoms with Crippen LogP contribution in [-0.2, 0) is 13.1 Å². The topological polar surface area (TPSA) is 168 Å². The van der Waals surface area contributed by atoms with Gasteiger partial charge in [0.1, 0.15) is 6.26 Å². The van der Waals surface area contributed by atoms with Crippen LogP contribution in [0.5, 0.6) is 11.8 Å². The Morgan fingerprint density at radius 3 is 2.65 bits per heavy atom. The highest BCUT2D eigenvalue weighted by molar-refractivity contribution is 6.30. The highest BCUT2D eigenvalue weighted by Crippen LogP contribution is 2.27. The third-order valence-electron chi connectivity index (χ3n) is 4.93. The van der Waals surface area contributed by atoms with E-state index in [1.807, 2.05) is 6.07 Å². The van der Waals surface area contributed by atoms with Gasteiger partial charge in [-0.05, 0) is 29.8 Å². The summed E-state index contributed by atoms with van der Waals surface area (Å²) in [5, 5.41) is 18.2. The molecule has 0 unspecified atom stereocenters. The molecule has 2 aromatic carbocycles. The number of nitrogens with one attached hydrogen (secondary N) is 1. The summed E-state index contributed by atoms with van der Waals surface area (Å²) in [5.41, 5.74) is -1.39. The van der Waals surface area contributed by atoms with Crippen LogP contribution in [0, 0.1) is 17.1 Å². The molecule has 37 heavy (non-hydrogen) atoms. The Morgan fingerprint density at radius 2 is 2.00 bits per heavy atom. The van der Waals surface area contributed by atoms with Gasteiger partial charge < -0.3 is 14.3 Å². The van der Waals surface area contributed by atoms with Crippen molar-refractivity contribution in [3.05, 3.63) is 97.4 Å². The summed E-state index contributed by atoms with van der Waals surface area (Å²) in [5.74, 6) is -2.57. The van der Waals surface area contributed by atoms with Gasteiger partial charge in [0, 0.05) is 17.6 Å². The van der Waals surface area contributed by atoms with Gasteiger partial charge in [0.2, 0.25) is 5.62 Å². The Morgan fingerprint density at radius 1 is 1.24 bits per heavy atom. The van der Waals surface area contributed by atoms with Crippen LogP contribution >= 0.6 is 11.6 Å². The fraction of sp³-hybridized carbons (Fsp3) is 0.130. The summed E-state index contributed by atoms with van der Waals surface area (Å²) >= 11 is 5.93. The van der Waals surface area contributed by atoms with E-state index in [-0.39, 0.29) is 36.6 Å². The van der Waals surface area contributed by atoms with Gasteiger partial charge in [0.25, 0.3) is 0 Å². The molecule has 4 rings (SSSR count). The number of benzene rings is 2. The van der Waals surface area contributed by atoms with Gasteiger partial charge >= 0.3 is 23.4 Å². The number of aromatic amines is 1. The second-order valence-electron chi connectivity index (χ2n) is 7.44. The van der Waals surface area contributed by atoms with Gasteiger partial charge in [-0.15, -0.1) is 0 Å². The van der Waals surface area contributed by atoms with Crippen LogP contribution in [0.2, 0.25) is 5.02 Å². The van der Waals surface area contributed by atoms with Crippen LogP contribution in [0.3, 0.4) is 0 Å². The number of ether oxygens (including phenoxy) is 1. The van der Waals surface area contributed by atoms with Gasteiger partial charge in [0.05, 0.1) is 24.7 Å². The van der Waals surface area contributed by atoms with E-state index in [1.165, 1.54) is 16.7 Å². The largest absolute Gasteiger partial charge is 0.476 e. The van der Waals surface area contributed by atoms with Crippen molar-refractivity contribution < 1.29 is 23.4 Å². The molecule has 14 heteroatoms. The van der Waals surface area contributed by atoms with E-state index in [0.29, 0.717) is 10.6 Å². The first-order valence-electron chi connectivity index (χ1n) is 10.5. The van der Waals surface area contributed by atoms with E-state index in [4.69, 9.17) is 31.1 Å². The Bertz CT molecular complexity index is 1700. The molecule has 0 aliphatic carbocycles. The van der Waals surface area contributed by atoms with E-state index in [1.54, 1.807) is 24.3 Å². The van der Waals surface area contributed by atoms with E-state index in [2.05, 4.69) is 15.0 Å². The van der Waals surface area contributed by atoms with E-state index < -0.39 is 34.9 Å². The number of aromatic carboxylic acids is 1. The zero-order chi connectivity index (χ0) is 26.5. The highest BCUT2D eigenvalue weighted by Gasteiger charge is 2.15. The van der Waals surface area contributed by atoms with Crippen LogP contribution in [-0.4, -0.2) is 30.2 Å². The molecule has 0 bridgehead atoms. The van der Waals surface area contributed by atoms with Crippen LogP contribution in [0.1, 0.15) is 22.5 Å². The van der Waals surface area contributed by atoms with Gasteiger partial charge in [0.15, 0.2) is 17.3 Å². The van der Waals surface area contributed by atoms with Gasteiger partial charge in [-0.25, -0.2) is 28.3 Å². The highest BCUT2D eigenvalue weighted by atomic mass is 35.5. The number of nitriles is 1. The lowest BCUT2D eigenvalue weighted by Crippen LogP contribution is -2.50. The first-order chi connectivity index (χ1) is 17.7. The second kappa shape index (κ2) is 10.8. The first kappa shape index (κ1) is 25.1. The zero-order valence-electron chi connectivity index (χ0n) is 18.7. The third-order valence-corrected chi connectivity index (χ3v) is 5.18. The van der Waals surface area contributed by atoms with Crippen molar-refractivity contribution in [2.24, 2.45) is 4.99 Å². The summed E-state index contributed by atoms with van der Waals surface area (Å²) in [6.45, 7) is -0.130. The third kappa shape index (κ3) is 5.82. The van der Waals surface area contributed by atoms with Crippen molar-refractivity contribution in [2.75, 3.05) is 0 Å².